The van der Waals surface area contributed by atoms with Crippen LogP contribution in [0.2, 0.25) is 5.02 Å². The van der Waals surface area contributed by atoms with Crippen molar-refractivity contribution in [3.8, 4) is 17.6 Å². The smallest absolute Gasteiger partial charge is 0.238 e. The van der Waals surface area contributed by atoms with E-state index in [1.54, 1.807) is 18.2 Å². The summed E-state index contributed by atoms with van der Waals surface area (Å²) >= 11 is 6.04. The molecule has 1 amide bonds. The summed E-state index contributed by atoms with van der Waals surface area (Å²) in [4.78, 5) is 14.7. The number of benzene rings is 2. The molecule has 7 heteroatoms. The van der Waals surface area contributed by atoms with E-state index >= 15 is 0 Å². The van der Waals surface area contributed by atoms with Crippen LogP contribution in [0.1, 0.15) is 30.0 Å². The molecule has 2 aliphatic rings. The lowest BCUT2D eigenvalue weighted by molar-refractivity contribution is -0.117. The molecule has 1 saturated heterocycles. The highest BCUT2D eigenvalue weighted by molar-refractivity contribution is 6.32. The van der Waals surface area contributed by atoms with E-state index in [4.69, 9.17) is 26.3 Å². The Labute approximate surface area is 168 Å². The zero-order valence-electron chi connectivity index (χ0n) is 15.3. The maximum atomic E-state index is 12.5. The molecule has 1 fully saturated rings. The number of amides is 1. The van der Waals surface area contributed by atoms with Crippen LogP contribution in [0.3, 0.4) is 0 Å². The fraction of sp³-hybridized carbons (Fsp3) is 0.333. The van der Waals surface area contributed by atoms with Crippen molar-refractivity contribution in [2.75, 3.05) is 31.6 Å². The monoisotopic (exact) mass is 397 g/mol. The Hall–Kier alpha value is -2.75. The second-order valence-corrected chi connectivity index (χ2v) is 7.29. The van der Waals surface area contributed by atoms with Crippen molar-refractivity contribution in [2.45, 2.75) is 18.9 Å². The van der Waals surface area contributed by atoms with E-state index in [9.17, 15) is 4.79 Å². The van der Waals surface area contributed by atoms with E-state index in [0.717, 1.165) is 36.4 Å². The number of nitrogens with zero attached hydrogens (tertiary/aromatic N) is 2. The fourth-order valence-corrected chi connectivity index (χ4v) is 3.95. The summed E-state index contributed by atoms with van der Waals surface area (Å²) < 4.78 is 11.3. The number of anilines is 1. The van der Waals surface area contributed by atoms with Crippen molar-refractivity contribution in [1.82, 2.24) is 4.90 Å². The van der Waals surface area contributed by atoms with Gasteiger partial charge in [0, 0.05) is 11.7 Å². The second kappa shape index (κ2) is 8.09. The summed E-state index contributed by atoms with van der Waals surface area (Å²) in [6.45, 7) is 2.28. The molecule has 0 spiro atoms. The van der Waals surface area contributed by atoms with Crippen LogP contribution in [0.5, 0.6) is 11.5 Å². The van der Waals surface area contributed by atoms with Crippen LogP contribution in [0.25, 0.3) is 0 Å². The van der Waals surface area contributed by atoms with E-state index in [0.29, 0.717) is 29.5 Å². The summed E-state index contributed by atoms with van der Waals surface area (Å²) in [5.41, 5.74) is 2.11. The normalized spacial score (nSPS) is 18.5. The lowest BCUT2D eigenvalue weighted by Crippen LogP contribution is -2.33. The van der Waals surface area contributed by atoms with Gasteiger partial charge in [0.15, 0.2) is 11.5 Å². The number of hydrogen-bond acceptors (Lipinski definition) is 5. The van der Waals surface area contributed by atoms with E-state index in [1.165, 1.54) is 0 Å². The van der Waals surface area contributed by atoms with Crippen molar-refractivity contribution in [3.05, 3.63) is 52.5 Å². The Balaban J connectivity index is 1.43. The first kappa shape index (κ1) is 18.6. The number of nitrogens with one attached hydrogen (secondary N) is 1. The number of rotatable bonds is 4. The second-order valence-electron chi connectivity index (χ2n) is 6.89. The maximum Gasteiger partial charge on any atom is 0.238 e. The van der Waals surface area contributed by atoms with Crippen LogP contribution in [0.15, 0.2) is 36.4 Å². The Morgan fingerprint density at radius 3 is 2.82 bits per heavy atom. The van der Waals surface area contributed by atoms with Crippen molar-refractivity contribution in [2.24, 2.45) is 0 Å². The highest BCUT2D eigenvalue weighted by Gasteiger charge is 2.28. The largest absolute Gasteiger partial charge is 0.486 e. The predicted octanol–water partition coefficient (Wildman–Crippen LogP) is 3.76. The average molecular weight is 398 g/mol. The van der Waals surface area contributed by atoms with Crippen LogP contribution < -0.4 is 14.8 Å². The predicted molar refractivity (Wildman–Crippen MR) is 106 cm³/mol. The number of likely N-dealkylation sites (tertiary alicyclic amines) is 1. The quantitative estimate of drug-likeness (QED) is 0.850. The molecule has 144 valence electrons. The molecule has 1 N–H and O–H groups in total. The molecule has 28 heavy (non-hydrogen) atoms. The first-order valence-electron chi connectivity index (χ1n) is 9.27. The molecular formula is C21H20ClN3O3. The molecule has 4 rings (SSSR count). The molecule has 0 radical (unpaired) electrons. The highest BCUT2D eigenvalue weighted by Crippen LogP contribution is 2.37. The third-order valence-corrected chi connectivity index (χ3v) is 5.35. The molecule has 1 atom stereocenters. The molecule has 0 aromatic heterocycles. The van der Waals surface area contributed by atoms with Gasteiger partial charge in [-0.25, -0.2) is 0 Å². The van der Waals surface area contributed by atoms with Crippen molar-refractivity contribution >= 4 is 23.2 Å². The van der Waals surface area contributed by atoms with Gasteiger partial charge in [-0.1, -0.05) is 17.7 Å². The molecule has 0 bridgehead atoms. The average Bonchev–Trinajstić information content (AvgIpc) is 3.15. The Morgan fingerprint density at radius 2 is 2.04 bits per heavy atom. The van der Waals surface area contributed by atoms with Crippen LogP contribution in [-0.4, -0.2) is 37.1 Å². The van der Waals surface area contributed by atoms with E-state index in [2.05, 4.69) is 16.3 Å². The van der Waals surface area contributed by atoms with Crippen LogP contribution in [0.4, 0.5) is 5.69 Å². The lowest BCUT2D eigenvalue weighted by Gasteiger charge is -2.26. The Bertz CT molecular complexity index is 941. The van der Waals surface area contributed by atoms with Gasteiger partial charge in [-0.05, 0) is 55.3 Å². The van der Waals surface area contributed by atoms with Crippen molar-refractivity contribution in [3.63, 3.8) is 0 Å². The number of carbonyl (C=O) groups is 1. The minimum atomic E-state index is -0.106. The van der Waals surface area contributed by atoms with Gasteiger partial charge in [0.25, 0.3) is 0 Å². The summed E-state index contributed by atoms with van der Waals surface area (Å²) in [7, 11) is 0. The van der Waals surface area contributed by atoms with E-state index in [-0.39, 0.29) is 18.5 Å². The van der Waals surface area contributed by atoms with Crippen molar-refractivity contribution < 1.29 is 14.3 Å². The van der Waals surface area contributed by atoms with Gasteiger partial charge < -0.3 is 14.8 Å². The first-order chi connectivity index (χ1) is 13.6. The molecule has 2 aromatic carbocycles. The summed E-state index contributed by atoms with van der Waals surface area (Å²) in [6.07, 6.45) is 2.03. The molecule has 0 saturated carbocycles. The molecule has 2 heterocycles. The number of nitriles is 1. The number of fused-ring (bicyclic) bond motifs is 1. The summed E-state index contributed by atoms with van der Waals surface area (Å²) in [5.74, 6) is 1.44. The zero-order valence-corrected chi connectivity index (χ0v) is 16.0. The van der Waals surface area contributed by atoms with Gasteiger partial charge in [-0.2, -0.15) is 5.26 Å². The van der Waals surface area contributed by atoms with Gasteiger partial charge in [-0.3, -0.25) is 9.69 Å². The van der Waals surface area contributed by atoms with Crippen LogP contribution >= 0.6 is 11.6 Å². The van der Waals surface area contributed by atoms with Gasteiger partial charge in [-0.15, -0.1) is 0 Å². The van der Waals surface area contributed by atoms with Gasteiger partial charge in [0.2, 0.25) is 5.91 Å². The number of hydrogen-bond donors (Lipinski definition) is 1. The third kappa shape index (κ3) is 3.91. The number of halogens is 1. The van der Waals surface area contributed by atoms with Crippen LogP contribution in [0, 0.1) is 11.3 Å². The van der Waals surface area contributed by atoms with Gasteiger partial charge >= 0.3 is 0 Å². The summed E-state index contributed by atoms with van der Waals surface area (Å²) in [6, 6.07) is 13.1. The minimum Gasteiger partial charge on any atom is -0.486 e. The fourth-order valence-electron chi connectivity index (χ4n) is 3.73. The van der Waals surface area contributed by atoms with E-state index < -0.39 is 0 Å². The van der Waals surface area contributed by atoms with Gasteiger partial charge in [0.1, 0.15) is 19.3 Å². The topological polar surface area (TPSA) is 74.6 Å². The molecule has 1 unspecified atom stereocenters. The maximum absolute atomic E-state index is 12.5. The molecule has 6 nitrogen and oxygen atoms in total. The highest BCUT2D eigenvalue weighted by atomic mass is 35.5. The molecule has 2 aliphatic heterocycles. The Kier molecular flexibility index (Phi) is 5.38. The van der Waals surface area contributed by atoms with E-state index in [1.807, 2.05) is 18.2 Å². The zero-order chi connectivity index (χ0) is 19.5. The third-order valence-electron chi connectivity index (χ3n) is 5.03. The molecule has 0 aliphatic carbocycles. The Morgan fingerprint density at radius 1 is 1.21 bits per heavy atom. The standard InChI is InChI=1S/C21H20ClN3O3/c22-17-11-16(5-3-15(17)12-23)24-21(26)13-25-7-1-2-18(25)14-4-6-19-20(10-14)28-9-8-27-19/h3-6,10-11,18H,1-2,7-9,13H2,(H,24,26). The molecule has 2 aromatic rings. The van der Waals surface area contributed by atoms with Gasteiger partial charge in [0.05, 0.1) is 17.1 Å². The number of ether oxygens (including phenoxy) is 2. The first-order valence-corrected chi connectivity index (χ1v) is 9.65. The van der Waals surface area contributed by atoms with Crippen LogP contribution in [-0.2, 0) is 4.79 Å². The number of carbonyl (C=O) groups excluding carboxylic acids is 1. The molecular weight excluding hydrogens is 378 g/mol. The summed E-state index contributed by atoms with van der Waals surface area (Å²) in [5, 5.41) is 12.1. The van der Waals surface area contributed by atoms with Crippen molar-refractivity contribution in [1.29, 1.82) is 5.26 Å². The SMILES string of the molecule is N#Cc1ccc(NC(=O)CN2CCCC2c2ccc3c(c2)OCCO3)cc1Cl. The minimum absolute atomic E-state index is 0.106. The lowest BCUT2D eigenvalue weighted by atomic mass is 10.0.